The van der Waals surface area contributed by atoms with E-state index < -0.39 is 0 Å². The Bertz CT molecular complexity index is 386. The maximum Gasteiger partial charge on any atom is 0.115 e. The van der Waals surface area contributed by atoms with E-state index in [1.54, 1.807) is 6.07 Å². The van der Waals surface area contributed by atoms with Crippen molar-refractivity contribution in [2.45, 2.75) is 37.9 Å². The highest BCUT2D eigenvalue weighted by Gasteiger charge is 2.42. The second-order valence-electron chi connectivity index (χ2n) is 4.55. The van der Waals surface area contributed by atoms with Gasteiger partial charge < -0.3 is 9.84 Å². The Balaban J connectivity index is 2.18. The largest absolute Gasteiger partial charge is 0.508 e. The molecule has 0 unspecified atom stereocenters. The van der Waals surface area contributed by atoms with Gasteiger partial charge in [0.2, 0.25) is 0 Å². The molecule has 0 saturated carbocycles. The summed E-state index contributed by atoms with van der Waals surface area (Å²) in [6.45, 7) is 2.15. The van der Waals surface area contributed by atoms with Crippen LogP contribution in [0.15, 0.2) is 18.2 Å². The van der Waals surface area contributed by atoms with Crippen LogP contribution in [0.5, 0.6) is 5.75 Å². The molecule has 74 valence electrons. The Morgan fingerprint density at radius 3 is 3.21 bits per heavy atom. The molecule has 0 aliphatic carbocycles. The Morgan fingerprint density at radius 2 is 2.36 bits per heavy atom. The van der Waals surface area contributed by atoms with Gasteiger partial charge in [-0.3, -0.25) is 0 Å². The van der Waals surface area contributed by atoms with Crippen molar-refractivity contribution in [2.75, 3.05) is 0 Å². The predicted octanol–water partition coefficient (Wildman–Crippen LogP) is 2.34. The van der Waals surface area contributed by atoms with Gasteiger partial charge in [0.15, 0.2) is 0 Å². The van der Waals surface area contributed by atoms with Crippen molar-refractivity contribution in [1.82, 2.24) is 0 Å². The van der Waals surface area contributed by atoms with Crippen molar-refractivity contribution in [3.63, 3.8) is 0 Å². The predicted molar refractivity (Wildman–Crippen MR) is 53.3 cm³/mol. The lowest BCUT2D eigenvalue weighted by atomic mass is 9.89. The zero-order chi connectivity index (χ0) is 9.76. The molecule has 2 heterocycles. The first kappa shape index (κ1) is 8.30. The van der Waals surface area contributed by atoms with E-state index in [0.717, 1.165) is 19.3 Å². The van der Waals surface area contributed by atoms with Crippen LogP contribution >= 0.6 is 0 Å². The summed E-state index contributed by atoms with van der Waals surface area (Å²) < 4.78 is 5.97. The maximum absolute atomic E-state index is 9.42. The third-order valence-corrected chi connectivity index (χ3v) is 3.48. The minimum absolute atomic E-state index is 0.0913. The summed E-state index contributed by atoms with van der Waals surface area (Å²) in [6, 6.07) is 5.65. The molecule has 0 amide bonds. The van der Waals surface area contributed by atoms with Crippen molar-refractivity contribution >= 4 is 0 Å². The Labute approximate surface area is 83.5 Å². The zero-order valence-electron chi connectivity index (χ0n) is 8.29. The van der Waals surface area contributed by atoms with Gasteiger partial charge in [-0.2, -0.15) is 0 Å². The normalized spacial score (nSPS) is 34.2. The van der Waals surface area contributed by atoms with Crippen molar-refractivity contribution in [2.24, 2.45) is 0 Å². The molecule has 1 aromatic carbocycles. The van der Waals surface area contributed by atoms with Crippen LogP contribution in [0.2, 0.25) is 0 Å². The van der Waals surface area contributed by atoms with Crippen molar-refractivity contribution in [3.05, 3.63) is 29.3 Å². The Kier molecular flexibility index (Phi) is 1.49. The van der Waals surface area contributed by atoms with Crippen LogP contribution in [0.25, 0.3) is 0 Å². The van der Waals surface area contributed by atoms with E-state index in [0.29, 0.717) is 11.9 Å². The SMILES string of the molecule is C[C@]12CC[C@@H](Cc3cc(O)ccc31)O2. The summed E-state index contributed by atoms with van der Waals surface area (Å²) in [7, 11) is 0. The van der Waals surface area contributed by atoms with Crippen LogP contribution in [-0.4, -0.2) is 11.2 Å². The highest BCUT2D eigenvalue weighted by molar-refractivity contribution is 5.41. The van der Waals surface area contributed by atoms with E-state index in [1.807, 2.05) is 12.1 Å². The van der Waals surface area contributed by atoms with Gasteiger partial charge in [-0.15, -0.1) is 0 Å². The third kappa shape index (κ3) is 1.01. The van der Waals surface area contributed by atoms with Gasteiger partial charge in [0.05, 0.1) is 11.7 Å². The van der Waals surface area contributed by atoms with Crippen LogP contribution in [-0.2, 0) is 16.8 Å². The highest BCUT2D eigenvalue weighted by Crippen LogP contribution is 2.46. The van der Waals surface area contributed by atoms with Gasteiger partial charge in [-0.05, 0) is 49.4 Å². The number of phenolic OH excluding ortho intramolecular Hbond substituents is 1. The fourth-order valence-electron chi connectivity index (χ4n) is 2.77. The molecule has 2 atom stereocenters. The number of phenols is 1. The average Bonchev–Trinajstić information content (AvgIpc) is 2.43. The minimum Gasteiger partial charge on any atom is -0.508 e. The van der Waals surface area contributed by atoms with Crippen LogP contribution < -0.4 is 0 Å². The van der Waals surface area contributed by atoms with Crippen molar-refractivity contribution < 1.29 is 9.84 Å². The summed E-state index contributed by atoms with van der Waals surface area (Å²) in [5.74, 6) is 0.369. The molecule has 2 heteroatoms. The minimum atomic E-state index is -0.0913. The molecule has 14 heavy (non-hydrogen) atoms. The van der Waals surface area contributed by atoms with Gasteiger partial charge in [0.25, 0.3) is 0 Å². The fraction of sp³-hybridized carbons (Fsp3) is 0.500. The first-order valence-electron chi connectivity index (χ1n) is 5.18. The molecular weight excluding hydrogens is 176 g/mol. The lowest BCUT2D eigenvalue weighted by Crippen LogP contribution is -2.29. The monoisotopic (exact) mass is 190 g/mol. The van der Waals surface area contributed by atoms with Gasteiger partial charge in [0, 0.05) is 0 Å². The summed E-state index contributed by atoms with van der Waals surface area (Å²) in [5.41, 5.74) is 2.44. The number of ether oxygens (including phenoxy) is 1. The molecule has 3 rings (SSSR count). The second kappa shape index (κ2) is 2.51. The van der Waals surface area contributed by atoms with Crippen LogP contribution in [0.3, 0.4) is 0 Å². The topological polar surface area (TPSA) is 29.5 Å². The zero-order valence-corrected chi connectivity index (χ0v) is 8.29. The Morgan fingerprint density at radius 1 is 1.50 bits per heavy atom. The lowest BCUT2D eigenvalue weighted by Gasteiger charge is -2.32. The van der Waals surface area contributed by atoms with Gasteiger partial charge in [-0.1, -0.05) is 6.07 Å². The number of benzene rings is 1. The quantitative estimate of drug-likeness (QED) is 0.680. The van der Waals surface area contributed by atoms with Gasteiger partial charge in [-0.25, -0.2) is 0 Å². The van der Waals surface area contributed by atoms with E-state index in [1.165, 1.54) is 11.1 Å². The van der Waals surface area contributed by atoms with E-state index in [2.05, 4.69) is 6.92 Å². The van der Waals surface area contributed by atoms with Crippen LogP contribution in [0, 0.1) is 0 Å². The fourth-order valence-corrected chi connectivity index (χ4v) is 2.77. The number of rotatable bonds is 0. The van der Waals surface area contributed by atoms with Crippen LogP contribution in [0.1, 0.15) is 30.9 Å². The number of hydrogen-bond acceptors (Lipinski definition) is 2. The maximum atomic E-state index is 9.42. The molecular formula is C12H14O2. The summed E-state index contributed by atoms with van der Waals surface area (Å²) in [6.07, 6.45) is 3.58. The smallest absolute Gasteiger partial charge is 0.115 e. The average molecular weight is 190 g/mol. The van der Waals surface area contributed by atoms with E-state index >= 15 is 0 Å². The number of hydrogen-bond donors (Lipinski definition) is 1. The standard InChI is InChI=1S/C12H14O2/c1-12-5-4-10(14-12)7-8-6-9(13)2-3-11(8)12/h2-3,6,10,13H,4-5,7H2,1H3/t10-,12-/m0/s1. The molecule has 0 radical (unpaired) electrons. The van der Waals surface area contributed by atoms with Crippen molar-refractivity contribution in [3.8, 4) is 5.75 Å². The van der Waals surface area contributed by atoms with E-state index in [4.69, 9.17) is 4.74 Å². The summed E-state index contributed by atoms with van der Waals surface area (Å²) in [4.78, 5) is 0. The molecule has 2 nitrogen and oxygen atoms in total. The Hall–Kier alpha value is -1.02. The summed E-state index contributed by atoms with van der Waals surface area (Å²) in [5, 5.41) is 9.42. The second-order valence-corrected chi connectivity index (χ2v) is 4.55. The molecule has 2 aliphatic heterocycles. The molecule has 2 bridgehead atoms. The molecule has 0 aromatic heterocycles. The number of aromatic hydroxyl groups is 1. The van der Waals surface area contributed by atoms with Crippen molar-refractivity contribution in [1.29, 1.82) is 0 Å². The van der Waals surface area contributed by atoms with Gasteiger partial charge in [0.1, 0.15) is 5.75 Å². The van der Waals surface area contributed by atoms with Crippen LogP contribution in [0.4, 0.5) is 0 Å². The first-order chi connectivity index (χ1) is 6.67. The molecule has 0 spiro atoms. The van der Waals surface area contributed by atoms with E-state index in [9.17, 15) is 5.11 Å². The molecule has 1 saturated heterocycles. The molecule has 1 fully saturated rings. The van der Waals surface area contributed by atoms with Gasteiger partial charge >= 0.3 is 0 Å². The number of fused-ring (bicyclic) bond motifs is 4. The first-order valence-corrected chi connectivity index (χ1v) is 5.18. The summed E-state index contributed by atoms with van der Waals surface area (Å²) >= 11 is 0. The highest BCUT2D eigenvalue weighted by atomic mass is 16.5. The third-order valence-electron chi connectivity index (χ3n) is 3.48. The molecule has 2 aliphatic rings. The molecule has 1 aromatic rings. The van der Waals surface area contributed by atoms with E-state index in [-0.39, 0.29) is 5.60 Å². The molecule has 1 N–H and O–H groups in total. The lowest BCUT2D eigenvalue weighted by molar-refractivity contribution is -0.0438.